The highest BCUT2D eigenvalue weighted by Crippen LogP contribution is 2.42. The largest absolute Gasteiger partial charge is 0.490 e. The summed E-state index contributed by atoms with van der Waals surface area (Å²) >= 11 is 0. The molecule has 0 unspecified atom stereocenters. The summed E-state index contributed by atoms with van der Waals surface area (Å²) < 4.78 is 35.7. The zero-order valence-electron chi connectivity index (χ0n) is 14.2. The molecule has 132 valence electrons. The van der Waals surface area contributed by atoms with E-state index in [1.165, 1.54) is 31.6 Å². The van der Waals surface area contributed by atoms with E-state index in [1.54, 1.807) is 25.1 Å². The molecular formula is C20H15FO5. The van der Waals surface area contributed by atoms with E-state index in [4.69, 9.17) is 18.3 Å². The normalized spacial score (nSPS) is 11.2. The topological polar surface area (TPSA) is 61.8 Å². The monoisotopic (exact) mass is 354 g/mol. The Labute approximate surface area is 147 Å². The number of ether oxygens (including phenoxy) is 2. The molecule has 5 nitrogen and oxygen atoms in total. The first-order chi connectivity index (χ1) is 12.6. The van der Waals surface area contributed by atoms with Crippen LogP contribution in [0.5, 0.6) is 11.5 Å². The van der Waals surface area contributed by atoms with Gasteiger partial charge in [-0.25, -0.2) is 4.39 Å². The minimum Gasteiger partial charge on any atom is -0.490 e. The van der Waals surface area contributed by atoms with Crippen molar-refractivity contribution in [2.75, 3.05) is 7.11 Å². The van der Waals surface area contributed by atoms with E-state index in [0.717, 1.165) is 5.56 Å². The lowest BCUT2D eigenvalue weighted by molar-refractivity contribution is 0.312. The number of methoxy groups -OCH3 is 1. The maximum atomic E-state index is 13.1. The molecule has 2 aromatic carbocycles. The van der Waals surface area contributed by atoms with Crippen LogP contribution in [0.3, 0.4) is 0 Å². The third-order valence-electron chi connectivity index (χ3n) is 4.12. The van der Waals surface area contributed by atoms with Crippen LogP contribution < -0.4 is 14.9 Å². The first kappa shape index (κ1) is 16.2. The summed E-state index contributed by atoms with van der Waals surface area (Å²) in [5.41, 5.74) is 1.24. The molecular weight excluding hydrogens is 339 g/mol. The van der Waals surface area contributed by atoms with Crippen LogP contribution in [0.25, 0.3) is 21.9 Å². The molecule has 0 aliphatic heterocycles. The van der Waals surface area contributed by atoms with E-state index in [0.29, 0.717) is 28.2 Å². The van der Waals surface area contributed by atoms with Crippen LogP contribution in [-0.4, -0.2) is 7.11 Å². The summed E-state index contributed by atoms with van der Waals surface area (Å²) in [6.07, 6.45) is 1.49. The highest BCUT2D eigenvalue weighted by atomic mass is 19.1. The molecule has 26 heavy (non-hydrogen) atoms. The molecule has 0 fully saturated rings. The van der Waals surface area contributed by atoms with Gasteiger partial charge in [-0.1, -0.05) is 12.1 Å². The third-order valence-corrected chi connectivity index (χ3v) is 4.12. The first-order valence-corrected chi connectivity index (χ1v) is 7.97. The lowest BCUT2D eigenvalue weighted by Crippen LogP contribution is -2.06. The van der Waals surface area contributed by atoms with Gasteiger partial charge in [-0.05, 0) is 30.7 Å². The number of rotatable bonds is 4. The van der Waals surface area contributed by atoms with Gasteiger partial charge in [0.2, 0.25) is 5.75 Å². The minimum atomic E-state index is -0.322. The molecule has 0 saturated heterocycles. The number of hydrogen-bond donors (Lipinski definition) is 0. The molecule has 4 aromatic rings. The Balaban J connectivity index is 1.93. The molecule has 4 rings (SSSR count). The van der Waals surface area contributed by atoms with Crippen molar-refractivity contribution in [2.24, 2.45) is 0 Å². The summed E-state index contributed by atoms with van der Waals surface area (Å²) in [4.78, 5) is 12.6. The van der Waals surface area contributed by atoms with Crippen molar-refractivity contribution < 1.29 is 22.7 Å². The van der Waals surface area contributed by atoms with Gasteiger partial charge in [0, 0.05) is 6.07 Å². The predicted octanol–water partition coefficient (Wildman–Crippen LogP) is 4.57. The van der Waals surface area contributed by atoms with Crippen molar-refractivity contribution >= 4 is 21.9 Å². The summed E-state index contributed by atoms with van der Waals surface area (Å²) in [6, 6.07) is 9.07. The highest BCUT2D eigenvalue weighted by Gasteiger charge is 2.22. The van der Waals surface area contributed by atoms with Crippen molar-refractivity contribution in [1.29, 1.82) is 0 Å². The average molecular weight is 354 g/mol. The van der Waals surface area contributed by atoms with Gasteiger partial charge in [-0.2, -0.15) is 0 Å². The number of hydrogen-bond acceptors (Lipinski definition) is 5. The van der Waals surface area contributed by atoms with Crippen LogP contribution in [0.1, 0.15) is 11.3 Å². The number of halogens is 1. The Morgan fingerprint density at radius 3 is 2.58 bits per heavy atom. The van der Waals surface area contributed by atoms with Crippen LogP contribution in [0.4, 0.5) is 4.39 Å². The third kappa shape index (κ3) is 2.60. The second-order valence-corrected chi connectivity index (χ2v) is 5.87. The van der Waals surface area contributed by atoms with E-state index in [9.17, 15) is 9.18 Å². The zero-order chi connectivity index (χ0) is 18.3. The van der Waals surface area contributed by atoms with Gasteiger partial charge in [0.25, 0.3) is 0 Å². The van der Waals surface area contributed by atoms with Gasteiger partial charge < -0.3 is 18.3 Å². The maximum absolute atomic E-state index is 13.1. The molecule has 0 N–H and O–H groups in total. The quantitative estimate of drug-likeness (QED) is 0.537. The fourth-order valence-electron chi connectivity index (χ4n) is 2.96. The van der Waals surface area contributed by atoms with Crippen LogP contribution in [-0.2, 0) is 6.61 Å². The van der Waals surface area contributed by atoms with Crippen LogP contribution in [0, 0.1) is 12.7 Å². The molecule has 0 atom stereocenters. The van der Waals surface area contributed by atoms with Crippen molar-refractivity contribution in [3.63, 3.8) is 0 Å². The maximum Gasteiger partial charge on any atom is 0.206 e. The Morgan fingerprint density at radius 2 is 1.85 bits per heavy atom. The Morgan fingerprint density at radius 1 is 1.08 bits per heavy atom. The first-order valence-electron chi connectivity index (χ1n) is 7.97. The lowest BCUT2D eigenvalue weighted by atomic mass is 10.1. The molecule has 0 saturated carbocycles. The van der Waals surface area contributed by atoms with Crippen LogP contribution in [0.2, 0.25) is 0 Å². The fourth-order valence-corrected chi connectivity index (χ4v) is 2.96. The summed E-state index contributed by atoms with van der Waals surface area (Å²) in [5.74, 6) is 0.825. The van der Waals surface area contributed by atoms with Crippen molar-refractivity contribution in [3.8, 4) is 11.5 Å². The molecule has 2 aromatic heterocycles. The SMILES string of the molecule is COc1c2occc2c(OCc2ccc(F)cc2)c2c(=O)cc(C)oc12. The van der Waals surface area contributed by atoms with Gasteiger partial charge >= 0.3 is 0 Å². The highest BCUT2D eigenvalue weighted by molar-refractivity contribution is 6.06. The molecule has 0 bridgehead atoms. The van der Waals surface area contributed by atoms with Gasteiger partial charge in [0.05, 0.1) is 18.8 Å². The van der Waals surface area contributed by atoms with Crippen molar-refractivity contribution in [1.82, 2.24) is 0 Å². The predicted molar refractivity (Wildman–Crippen MR) is 94.3 cm³/mol. The van der Waals surface area contributed by atoms with Gasteiger partial charge in [-0.3, -0.25) is 4.79 Å². The molecule has 0 amide bonds. The Kier molecular flexibility index (Phi) is 3.88. The molecule has 0 aliphatic carbocycles. The fraction of sp³-hybridized carbons (Fsp3) is 0.150. The Bertz CT molecular complexity index is 1150. The number of aryl methyl sites for hydroxylation is 1. The van der Waals surface area contributed by atoms with Crippen molar-refractivity contribution in [3.05, 3.63) is 70.0 Å². The summed E-state index contributed by atoms with van der Waals surface area (Å²) in [5, 5.41) is 0.885. The number of furan rings is 1. The summed E-state index contributed by atoms with van der Waals surface area (Å²) in [6.45, 7) is 1.85. The smallest absolute Gasteiger partial charge is 0.206 e. The van der Waals surface area contributed by atoms with E-state index in [1.807, 2.05) is 0 Å². The van der Waals surface area contributed by atoms with Crippen LogP contribution in [0.15, 0.2) is 56.3 Å². The second-order valence-electron chi connectivity index (χ2n) is 5.87. The number of benzene rings is 2. The zero-order valence-corrected chi connectivity index (χ0v) is 14.2. The molecule has 2 heterocycles. The van der Waals surface area contributed by atoms with Gasteiger partial charge in [0.1, 0.15) is 29.3 Å². The lowest BCUT2D eigenvalue weighted by Gasteiger charge is -2.13. The van der Waals surface area contributed by atoms with Crippen molar-refractivity contribution in [2.45, 2.75) is 13.5 Å². The molecule has 0 radical (unpaired) electrons. The average Bonchev–Trinajstić information content (AvgIpc) is 3.09. The Hall–Kier alpha value is -3.28. The van der Waals surface area contributed by atoms with E-state index in [2.05, 4.69) is 0 Å². The standard InChI is InChI=1S/C20H15FO5/c1-11-9-15(22)16-17(25-10-12-3-5-13(21)6-4-12)14-7-8-24-18(14)20(23-2)19(16)26-11/h3-9H,10H2,1-2H3. The van der Waals surface area contributed by atoms with Crippen LogP contribution >= 0.6 is 0 Å². The van der Waals surface area contributed by atoms with E-state index in [-0.39, 0.29) is 28.8 Å². The molecule has 6 heteroatoms. The van der Waals surface area contributed by atoms with Gasteiger partial charge in [0.15, 0.2) is 16.6 Å². The van der Waals surface area contributed by atoms with E-state index >= 15 is 0 Å². The number of fused-ring (bicyclic) bond motifs is 2. The van der Waals surface area contributed by atoms with Gasteiger partial charge in [-0.15, -0.1) is 0 Å². The van der Waals surface area contributed by atoms with E-state index < -0.39 is 0 Å². The minimum absolute atomic E-state index is 0.162. The second kappa shape index (κ2) is 6.22. The molecule has 0 spiro atoms. The molecule has 0 aliphatic rings. The summed E-state index contributed by atoms with van der Waals surface area (Å²) in [7, 11) is 1.48.